The molecule has 1 saturated heterocycles. The van der Waals surface area contributed by atoms with E-state index in [-0.39, 0.29) is 6.42 Å². The minimum Gasteiger partial charge on any atom is -0.430 e. The van der Waals surface area contributed by atoms with E-state index in [2.05, 4.69) is 31.2 Å². The van der Waals surface area contributed by atoms with Gasteiger partial charge in [0.05, 0.1) is 6.61 Å². The van der Waals surface area contributed by atoms with Gasteiger partial charge in [-0.05, 0) is 38.5 Å². The lowest BCUT2D eigenvalue weighted by Crippen LogP contribution is -2.68. The molecule has 7 heteroatoms. The number of ether oxygens (including phenoxy) is 2. The predicted molar refractivity (Wildman–Crippen MR) is 133 cm³/mol. The van der Waals surface area contributed by atoms with Crippen molar-refractivity contribution in [3.8, 4) is 0 Å². The molecule has 1 rings (SSSR count). The Balaban J connectivity index is 2.25. The van der Waals surface area contributed by atoms with E-state index in [0.717, 1.165) is 38.5 Å². The van der Waals surface area contributed by atoms with Crippen molar-refractivity contribution in [3.05, 3.63) is 24.3 Å². The highest BCUT2D eigenvalue weighted by Gasteiger charge is 2.57. The van der Waals surface area contributed by atoms with Crippen molar-refractivity contribution in [1.82, 2.24) is 0 Å². The second-order valence-electron chi connectivity index (χ2n) is 9.60. The van der Waals surface area contributed by atoms with Gasteiger partial charge >= 0.3 is 5.97 Å². The highest BCUT2D eigenvalue weighted by molar-refractivity contribution is 5.69. The van der Waals surface area contributed by atoms with Gasteiger partial charge in [0.25, 0.3) is 0 Å². The Kier molecular flexibility index (Phi) is 15.6. The first-order valence-electron chi connectivity index (χ1n) is 13.1. The quantitative estimate of drug-likeness (QED) is 0.139. The lowest BCUT2D eigenvalue weighted by Gasteiger charge is -2.49. The summed E-state index contributed by atoms with van der Waals surface area (Å²) < 4.78 is 11.1. The van der Waals surface area contributed by atoms with Gasteiger partial charge in [-0.25, -0.2) is 0 Å². The van der Waals surface area contributed by atoms with E-state index >= 15 is 0 Å². The molecule has 198 valence electrons. The molecule has 0 bridgehead atoms. The number of allylic oxidation sites excluding steroid dienone is 4. The number of carbonyl (C=O) groups excluding carboxylic acids is 1. The molecule has 34 heavy (non-hydrogen) atoms. The van der Waals surface area contributed by atoms with Crippen LogP contribution in [0.25, 0.3) is 0 Å². The molecular weight excluding hydrogens is 436 g/mol. The van der Waals surface area contributed by atoms with Gasteiger partial charge in [-0.2, -0.15) is 0 Å². The molecule has 1 aliphatic heterocycles. The maximum absolute atomic E-state index is 12.4. The first-order chi connectivity index (χ1) is 16.3. The van der Waals surface area contributed by atoms with Crippen molar-refractivity contribution in [2.45, 2.75) is 128 Å². The van der Waals surface area contributed by atoms with Crippen molar-refractivity contribution >= 4 is 5.97 Å². The van der Waals surface area contributed by atoms with E-state index in [1.165, 1.54) is 25.7 Å². The molecule has 0 spiro atoms. The van der Waals surface area contributed by atoms with Crippen molar-refractivity contribution in [2.75, 3.05) is 6.61 Å². The Morgan fingerprint density at radius 2 is 1.50 bits per heavy atom. The fourth-order valence-corrected chi connectivity index (χ4v) is 4.16. The number of carbonyl (C=O) groups is 1. The summed E-state index contributed by atoms with van der Waals surface area (Å²) in [7, 11) is 0. The van der Waals surface area contributed by atoms with Crippen LogP contribution in [0.1, 0.15) is 97.8 Å². The van der Waals surface area contributed by atoms with Crippen LogP contribution in [0, 0.1) is 5.92 Å². The molecule has 0 aromatic carbocycles. The van der Waals surface area contributed by atoms with Crippen LogP contribution in [0.5, 0.6) is 0 Å². The number of hydrogen-bond donors (Lipinski definition) is 4. The van der Waals surface area contributed by atoms with Crippen LogP contribution >= 0.6 is 0 Å². The third kappa shape index (κ3) is 10.2. The van der Waals surface area contributed by atoms with Crippen LogP contribution in [0.15, 0.2) is 24.3 Å². The monoisotopic (exact) mass is 484 g/mol. The molecule has 4 N–H and O–H groups in total. The molecule has 7 nitrogen and oxygen atoms in total. The Labute approximate surface area is 205 Å². The summed E-state index contributed by atoms with van der Waals surface area (Å²) in [5.74, 6) is -2.83. The highest BCUT2D eigenvalue weighted by Crippen LogP contribution is 2.37. The summed E-state index contributed by atoms with van der Waals surface area (Å²) >= 11 is 0. The van der Waals surface area contributed by atoms with Crippen LogP contribution in [-0.2, 0) is 14.3 Å². The third-order valence-corrected chi connectivity index (χ3v) is 6.39. The van der Waals surface area contributed by atoms with Crippen molar-refractivity contribution < 1.29 is 34.7 Å². The molecule has 1 fully saturated rings. The maximum Gasteiger partial charge on any atom is 0.308 e. The molecule has 0 aromatic heterocycles. The lowest BCUT2D eigenvalue weighted by molar-refractivity contribution is -0.366. The SMILES string of the molecule is CCCCCC=CCC=CCCCCCCCC(=O)OC1(C(C)C)O[C@H](CO)[C@@H](O)[C@H](O)[C@H]1O. The number of rotatable bonds is 17. The molecule has 0 aliphatic carbocycles. The lowest BCUT2D eigenvalue weighted by atomic mass is 9.86. The van der Waals surface area contributed by atoms with Gasteiger partial charge < -0.3 is 29.9 Å². The van der Waals surface area contributed by atoms with Gasteiger partial charge in [0.15, 0.2) is 0 Å². The summed E-state index contributed by atoms with van der Waals surface area (Å²) in [5, 5.41) is 40.1. The Hall–Kier alpha value is -1.25. The van der Waals surface area contributed by atoms with Gasteiger partial charge in [-0.15, -0.1) is 0 Å². The van der Waals surface area contributed by atoms with Gasteiger partial charge in [-0.1, -0.05) is 77.2 Å². The molecule has 1 unspecified atom stereocenters. The summed E-state index contributed by atoms with van der Waals surface area (Å²) in [4.78, 5) is 12.4. The number of esters is 1. The van der Waals surface area contributed by atoms with Crippen LogP contribution in [-0.4, -0.2) is 63.2 Å². The molecule has 0 amide bonds. The van der Waals surface area contributed by atoms with Crippen LogP contribution in [0.2, 0.25) is 0 Å². The van der Waals surface area contributed by atoms with E-state index in [0.29, 0.717) is 6.42 Å². The van der Waals surface area contributed by atoms with Gasteiger partial charge in [0, 0.05) is 12.3 Å². The van der Waals surface area contributed by atoms with E-state index in [9.17, 15) is 25.2 Å². The molecular formula is C27H48O7. The minimum atomic E-state index is -1.81. The number of unbranched alkanes of at least 4 members (excludes halogenated alkanes) is 8. The summed E-state index contributed by atoms with van der Waals surface area (Å²) in [5.41, 5.74) is 0. The molecule has 0 saturated carbocycles. The maximum atomic E-state index is 12.4. The average molecular weight is 485 g/mol. The number of aliphatic hydroxyl groups excluding tert-OH is 4. The summed E-state index contributed by atoms with van der Waals surface area (Å²) in [6.45, 7) is 5.03. The Bertz CT molecular complexity index is 602. The van der Waals surface area contributed by atoms with Crippen LogP contribution in [0.4, 0.5) is 0 Å². The number of aliphatic hydroxyl groups is 4. The minimum absolute atomic E-state index is 0.178. The molecule has 0 aromatic rings. The fraction of sp³-hybridized carbons (Fsp3) is 0.815. The zero-order chi connectivity index (χ0) is 25.4. The van der Waals surface area contributed by atoms with Crippen molar-refractivity contribution in [2.24, 2.45) is 5.92 Å². The summed E-state index contributed by atoms with van der Waals surface area (Å²) in [6.07, 6.45) is 15.2. The van der Waals surface area contributed by atoms with Gasteiger partial charge in [0.2, 0.25) is 5.79 Å². The predicted octanol–water partition coefficient (Wildman–Crippen LogP) is 4.17. The zero-order valence-electron chi connectivity index (χ0n) is 21.4. The van der Waals surface area contributed by atoms with E-state index < -0.39 is 48.7 Å². The smallest absolute Gasteiger partial charge is 0.308 e. The zero-order valence-corrected chi connectivity index (χ0v) is 21.4. The van der Waals surface area contributed by atoms with Gasteiger partial charge in [0.1, 0.15) is 24.4 Å². The largest absolute Gasteiger partial charge is 0.430 e. The average Bonchev–Trinajstić information content (AvgIpc) is 2.81. The molecule has 1 aliphatic rings. The Morgan fingerprint density at radius 3 is 2.09 bits per heavy atom. The summed E-state index contributed by atoms with van der Waals surface area (Å²) in [6, 6.07) is 0. The highest BCUT2D eigenvalue weighted by atomic mass is 16.7. The van der Waals surface area contributed by atoms with Crippen LogP contribution in [0.3, 0.4) is 0 Å². The van der Waals surface area contributed by atoms with Gasteiger partial charge in [-0.3, -0.25) is 4.79 Å². The molecule has 1 heterocycles. The second-order valence-corrected chi connectivity index (χ2v) is 9.60. The van der Waals surface area contributed by atoms with Crippen LogP contribution < -0.4 is 0 Å². The molecule has 0 radical (unpaired) electrons. The first-order valence-corrected chi connectivity index (χ1v) is 13.1. The Morgan fingerprint density at radius 1 is 0.912 bits per heavy atom. The molecule has 5 atom stereocenters. The number of hydrogen-bond acceptors (Lipinski definition) is 7. The van der Waals surface area contributed by atoms with E-state index in [1.807, 2.05) is 0 Å². The van der Waals surface area contributed by atoms with Crippen molar-refractivity contribution in [1.29, 1.82) is 0 Å². The van der Waals surface area contributed by atoms with E-state index in [4.69, 9.17) is 9.47 Å². The van der Waals surface area contributed by atoms with Crippen molar-refractivity contribution in [3.63, 3.8) is 0 Å². The standard InChI is InChI=1S/C27H48O7/c1-4-5-6-7-8-9-10-11-12-13-14-15-16-17-18-19-23(29)34-27(21(2)3)26(32)25(31)24(30)22(20-28)33-27/h8-9,11-12,21-22,24-26,28,30-32H,4-7,10,13-20H2,1-3H3/t22-,24-,25+,26-,27?/m1/s1. The fourth-order valence-electron chi connectivity index (χ4n) is 4.16. The first kappa shape index (κ1) is 30.8. The van der Waals surface area contributed by atoms with E-state index in [1.54, 1.807) is 13.8 Å². The second kappa shape index (κ2) is 17.2. The topological polar surface area (TPSA) is 116 Å². The third-order valence-electron chi connectivity index (χ3n) is 6.39. The normalized spacial score (nSPS) is 27.8.